The van der Waals surface area contributed by atoms with Crippen LogP contribution in [0.2, 0.25) is 5.04 Å². The van der Waals surface area contributed by atoms with Crippen molar-refractivity contribution in [3.8, 4) is 11.5 Å². The van der Waals surface area contributed by atoms with E-state index in [0.717, 1.165) is 37.2 Å². The van der Waals surface area contributed by atoms with Gasteiger partial charge in [0.15, 0.2) is 0 Å². The maximum Gasteiger partial charge on any atom is 0.321 e. The van der Waals surface area contributed by atoms with E-state index in [2.05, 4.69) is 110 Å². The lowest BCUT2D eigenvalue weighted by Gasteiger charge is -2.43. The highest BCUT2D eigenvalue weighted by atomic mass is 28.4. The second kappa shape index (κ2) is 18.4. The van der Waals surface area contributed by atoms with Crippen LogP contribution in [0.15, 0.2) is 133 Å². The minimum absolute atomic E-state index is 0.139. The topological polar surface area (TPSA) is 95.1 Å². The van der Waals surface area contributed by atoms with Gasteiger partial charge in [0.05, 0.1) is 0 Å². The summed E-state index contributed by atoms with van der Waals surface area (Å²) >= 11 is 0. The molecule has 1 aliphatic rings. The van der Waals surface area contributed by atoms with Gasteiger partial charge in [0.1, 0.15) is 30.0 Å². The highest BCUT2D eigenvalue weighted by Gasteiger charge is 2.52. The number of urea groups is 1. The first kappa shape index (κ1) is 39.5. The maximum atomic E-state index is 13.2. The first-order valence-corrected chi connectivity index (χ1v) is 21.1. The fraction of sp³-hybridized carbons (Fsp3) is 0.311. The Morgan fingerprint density at radius 1 is 0.800 bits per heavy atom. The third-order valence-corrected chi connectivity index (χ3v) is 15.1. The Labute approximate surface area is 325 Å². The lowest BCUT2D eigenvalue weighted by molar-refractivity contribution is 0.106. The molecule has 5 aromatic carbocycles. The molecule has 0 saturated carbocycles. The molecule has 5 aromatic rings. The molecule has 1 fully saturated rings. The number of halogens is 1. The maximum absolute atomic E-state index is 13.2. The quantitative estimate of drug-likeness (QED) is 0.0655. The van der Waals surface area contributed by atoms with Gasteiger partial charge in [0.25, 0.3) is 0 Å². The Balaban J connectivity index is 0.903. The van der Waals surface area contributed by atoms with E-state index in [0.29, 0.717) is 31.1 Å². The zero-order valence-corrected chi connectivity index (χ0v) is 33.0. The molecule has 55 heavy (non-hydrogen) atoms. The third kappa shape index (κ3) is 10.5. The largest absolute Gasteiger partial charge is 0.534 e. The van der Waals surface area contributed by atoms with E-state index in [4.69, 9.17) is 9.16 Å². The average molecular weight is 761 g/mol. The number of aliphatic hydroxyl groups is 1. The molecule has 8 nitrogen and oxygen atoms in total. The Morgan fingerprint density at radius 2 is 1.36 bits per heavy atom. The number of aliphatic hydroxyl groups excluding tert-OH is 1. The first-order valence-electron chi connectivity index (χ1n) is 19.2. The summed E-state index contributed by atoms with van der Waals surface area (Å²) in [7, 11) is -2.73. The van der Waals surface area contributed by atoms with Crippen LogP contribution >= 0.6 is 0 Å². The molecule has 1 saturated heterocycles. The third-order valence-electron chi connectivity index (χ3n) is 10.1. The number of carbonyl (C=O) groups is 1. The number of nitrogens with one attached hydrogen (secondary N) is 3. The van der Waals surface area contributed by atoms with Gasteiger partial charge in [-0.05, 0) is 107 Å². The molecule has 10 heteroatoms. The van der Waals surface area contributed by atoms with Crippen LogP contribution in [0.5, 0.6) is 11.5 Å². The lowest BCUT2D eigenvalue weighted by atomic mass is 10.0. The van der Waals surface area contributed by atoms with Gasteiger partial charge in [-0.2, -0.15) is 0 Å². The van der Waals surface area contributed by atoms with Crippen molar-refractivity contribution in [1.82, 2.24) is 10.2 Å². The number of nitrogens with zero attached hydrogens (tertiary/aromatic N) is 1. The number of likely N-dealkylation sites (tertiary alicyclic amines) is 1. The monoisotopic (exact) mass is 760 g/mol. The number of piperidine rings is 1. The molecule has 4 N–H and O–H groups in total. The van der Waals surface area contributed by atoms with Crippen molar-refractivity contribution in [1.29, 1.82) is 0 Å². The van der Waals surface area contributed by atoms with Gasteiger partial charge in [0.2, 0.25) is 0 Å². The van der Waals surface area contributed by atoms with Crippen molar-refractivity contribution < 1.29 is 23.5 Å². The van der Waals surface area contributed by atoms with E-state index in [9.17, 15) is 14.3 Å². The number of ether oxygens (including phenoxy) is 1. The van der Waals surface area contributed by atoms with Crippen LogP contribution in [-0.4, -0.2) is 69.3 Å². The van der Waals surface area contributed by atoms with Gasteiger partial charge < -0.3 is 35.1 Å². The van der Waals surface area contributed by atoms with Gasteiger partial charge in [-0.15, -0.1) is 0 Å². The molecule has 288 valence electrons. The van der Waals surface area contributed by atoms with Crippen molar-refractivity contribution in [2.45, 2.75) is 57.2 Å². The van der Waals surface area contributed by atoms with Crippen LogP contribution in [-0.2, 0) is 6.42 Å². The van der Waals surface area contributed by atoms with E-state index >= 15 is 0 Å². The molecule has 0 aliphatic carbocycles. The van der Waals surface area contributed by atoms with Crippen LogP contribution < -0.4 is 35.5 Å². The van der Waals surface area contributed by atoms with Gasteiger partial charge in [0, 0.05) is 37.1 Å². The van der Waals surface area contributed by atoms with Gasteiger partial charge in [-0.25, -0.2) is 9.18 Å². The minimum atomic E-state index is -2.73. The zero-order valence-electron chi connectivity index (χ0n) is 32.0. The average Bonchev–Trinajstić information content (AvgIpc) is 3.20. The van der Waals surface area contributed by atoms with Crippen molar-refractivity contribution in [2.75, 3.05) is 43.4 Å². The summed E-state index contributed by atoms with van der Waals surface area (Å²) in [6.07, 6.45) is 1.87. The van der Waals surface area contributed by atoms with Crippen LogP contribution in [0.25, 0.3) is 0 Å². The van der Waals surface area contributed by atoms with Crippen molar-refractivity contribution >= 4 is 36.1 Å². The molecule has 0 unspecified atom stereocenters. The van der Waals surface area contributed by atoms with Gasteiger partial charge >= 0.3 is 14.3 Å². The van der Waals surface area contributed by atoms with Crippen LogP contribution in [0.4, 0.5) is 20.6 Å². The Kier molecular flexibility index (Phi) is 13.3. The Hall–Kier alpha value is -5.16. The molecule has 1 aliphatic heterocycles. The van der Waals surface area contributed by atoms with Gasteiger partial charge in [-0.3, -0.25) is 0 Å². The van der Waals surface area contributed by atoms with E-state index in [1.807, 2.05) is 36.4 Å². The van der Waals surface area contributed by atoms with Gasteiger partial charge in [-0.1, -0.05) is 93.6 Å². The highest BCUT2D eigenvalue weighted by molar-refractivity contribution is 7.00. The number of benzene rings is 5. The normalized spacial score (nSPS) is 14.2. The lowest BCUT2D eigenvalue weighted by Crippen LogP contribution is -2.68. The molecule has 1 atom stereocenters. The van der Waals surface area contributed by atoms with Crippen LogP contribution in [0.1, 0.15) is 39.2 Å². The summed E-state index contributed by atoms with van der Waals surface area (Å²) in [6, 6.07) is 43.3. The molecule has 1 heterocycles. The molecular weight excluding hydrogens is 708 g/mol. The van der Waals surface area contributed by atoms with Crippen molar-refractivity contribution in [2.24, 2.45) is 0 Å². The van der Waals surface area contributed by atoms with E-state index in [1.54, 1.807) is 17.0 Å². The van der Waals surface area contributed by atoms with Crippen LogP contribution in [0, 0.1) is 5.82 Å². The molecular formula is C45H53FN4O4Si. The fourth-order valence-electron chi connectivity index (χ4n) is 7.15. The predicted octanol–water partition coefficient (Wildman–Crippen LogP) is 7.44. The number of carbonyl (C=O) groups excluding carboxylic acids is 1. The van der Waals surface area contributed by atoms with E-state index < -0.39 is 14.4 Å². The number of anilines is 2. The molecule has 0 spiro atoms. The summed E-state index contributed by atoms with van der Waals surface area (Å²) in [4.78, 5) is 14.4. The van der Waals surface area contributed by atoms with Crippen molar-refractivity contribution in [3.63, 3.8) is 0 Å². The zero-order chi connectivity index (χ0) is 38.7. The molecule has 2 amide bonds. The van der Waals surface area contributed by atoms with E-state index in [1.165, 1.54) is 28.1 Å². The minimum Gasteiger partial charge on any atom is -0.534 e. The Morgan fingerprint density at radius 3 is 1.95 bits per heavy atom. The SMILES string of the molecule is CC(C)(C)[Si](Oc1ccc(OC[C@@H](O)CNCCc2ccc(NC3CCN(C(=O)Nc4ccc(F)cc4)CC3)cc2)cc1)(c1ccccc1)c1ccccc1. The molecule has 0 aromatic heterocycles. The van der Waals surface area contributed by atoms with Crippen LogP contribution in [0.3, 0.4) is 0 Å². The predicted molar refractivity (Wildman–Crippen MR) is 223 cm³/mol. The standard InChI is InChI=1S/C45H53FN4O4Si/c1-45(2,3)55(42-10-6-4-7-11-42,43-12-8-5-9-13-43)54-41-24-22-40(23-25-41)53-33-39(51)32-47-29-26-34-14-18-36(19-15-34)48-38-27-30-50(31-28-38)44(52)49-37-20-16-35(46)17-21-37/h4-25,38-39,47-48,51H,26-33H2,1-3H3,(H,49,52)/t39-/m0/s1. The smallest absolute Gasteiger partial charge is 0.321 e. The molecule has 0 bridgehead atoms. The molecule has 0 radical (unpaired) electrons. The van der Waals surface area contributed by atoms with E-state index in [-0.39, 0.29) is 29.5 Å². The summed E-state index contributed by atoms with van der Waals surface area (Å²) in [6.45, 7) is 9.42. The summed E-state index contributed by atoms with van der Waals surface area (Å²) in [5.41, 5.74) is 2.85. The number of hydrogen-bond donors (Lipinski definition) is 4. The summed E-state index contributed by atoms with van der Waals surface area (Å²) in [5, 5.41) is 22.7. The number of hydrogen-bond acceptors (Lipinski definition) is 6. The van der Waals surface area contributed by atoms with Crippen molar-refractivity contribution in [3.05, 3.63) is 145 Å². The second-order valence-electron chi connectivity index (χ2n) is 15.2. The first-order chi connectivity index (χ1) is 26.6. The number of rotatable bonds is 15. The molecule has 6 rings (SSSR count). The Bertz CT molecular complexity index is 1880. The fourth-order valence-corrected chi connectivity index (χ4v) is 11.6. The number of amides is 2. The second-order valence-corrected chi connectivity index (χ2v) is 19.4. The summed E-state index contributed by atoms with van der Waals surface area (Å²) in [5.74, 6) is 1.14. The highest BCUT2D eigenvalue weighted by Crippen LogP contribution is 2.38. The summed E-state index contributed by atoms with van der Waals surface area (Å²) < 4.78 is 26.2.